The van der Waals surface area contributed by atoms with E-state index in [2.05, 4.69) is 0 Å². The number of carbonyl (C=O) groups excluding carboxylic acids is 1. The first kappa shape index (κ1) is 11.5. The van der Waals surface area contributed by atoms with Crippen molar-refractivity contribution in [3.63, 3.8) is 0 Å². The molecule has 0 amide bonds. The van der Waals surface area contributed by atoms with Gasteiger partial charge in [0.2, 0.25) is 0 Å². The van der Waals surface area contributed by atoms with E-state index < -0.39 is 19.8 Å². The van der Waals surface area contributed by atoms with Gasteiger partial charge in [0, 0.05) is 0 Å². The molecule has 1 heterocycles. The molecule has 0 spiro atoms. The fraction of sp³-hybridized carbons (Fsp3) is 0.300. The van der Waals surface area contributed by atoms with Crippen molar-refractivity contribution in [3.05, 3.63) is 35.4 Å². The van der Waals surface area contributed by atoms with Gasteiger partial charge in [0.15, 0.2) is 0 Å². The summed E-state index contributed by atoms with van der Waals surface area (Å²) in [6.07, 6.45) is 0. The van der Waals surface area contributed by atoms with E-state index in [1.165, 1.54) is 14.2 Å². The van der Waals surface area contributed by atoms with Crippen molar-refractivity contribution in [1.29, 1.82) is 0 Å². The molecule has 0 saturated carbocycles. The molecular formula is C10H13O5P. The average molecular weight is 244 g/mol. The van der Waals surface area contributed by atoms with Gasteiger partial charge in [0.05, 0.1) is 0 Å². The Morgan fingerprint density at radius 3 is 2.56 bits per heavy atom. The second kappa shape index (κ2) is 4.11. The number of ether oxygens (including phenoxy) is 1. The molecule has 1 aliphatic heterocycles. The predicted octanol–water partition coefficient (Wildman–Crippen LogP) is 1.64. The van der Waals surface area contributed by atoms with Gasteiger partial charge in [0.1, 0.15) is 0 Å². The van der Waals surface area contributed by atoms with Crippen LogP contribution in [0.2, 0.25) is 0 Å². The van der Waals surface area contributed by atoms with Gasteiger partial charge in [-0.05, 0) is 0 Å². The maximum atomic E-state index is 11.5. The molecule has 0 radical (unpaired) electrons. The van der Waals surface area contributed by atoms with Crippen LogP contribution in [0.4, 0.5) is 0 Å². The second-order valence-electron chi connectivity index (χ2n) is 3.41. The molecule has 1 aliphatic rings. The Bertz CT molecular complexity index is 415. The zero-order valence-electron chi connectivity index (χ0n) is 8.97. The van der Waals surface area contributed by atoms with Crippen molar-refractivity contribution < 1.29 is 23.5 Å². The van der Waals surface area contributed by atoms with Crippen molar-refractivity contribution >= 4 is 13.9 Å². The number of carbonyl (C=O) groups is 1. The number of rotatable bonds is 3. The van der Waals surface area contributed by atoms with Gasteiger partial charge < -0.3 is 0 Å². The summed E-state index contributed by atoms with van der Waals surface area (Å²) >= 11 is 0. The summed E-state index contributed by atoms with van der Waals surface area (Å²) in [6.45, 7) is 0. The standard InChI is InChI=1S/C10H13O5P/c1-13-16(12,14-2)10-8-6-4-3-5-7(8)9(11)15-10/h3-6,10,12,16H,1-2H3. The molecule has 0 saturated heterocycles. The SMILES string of the molecule is CO[PH](O)(OC)C1OC(=O)c2ccccc21. The van der Waals surface area contributed by atoms with E-state index in [0.717, 1.165) is 0 Å². The third-order valence-electron chi connectivity index (χ3n) is 2.60. The number of benzene rings is 1. The predicted molar refractivity (Wildman–Crippen MR) is 59.2 cm³/mol. The second-order valence-corrected chi connectivity index (χ2v) is 6.01. The van der Waals surface area contributed by atoms with Gasteiger partial charge in [-0.15, -0.1) is 0 Å². The molecule has 2 rings (SSSR count). The summed E-state index contributed by atoms with van der Waals surface area (Å²) in [5, 5.41) is 0. The Labute approximate surface area is 93.5 Å². The van der Waals surface area contributed by atoms with Crippen LogP contribution in [0.1, 0.15) is 21.8 Å². The first-order valence-corrected chi connectivity index (χ1v) is 6.59. The van der Waals surface area contributed by atoms with Crippen LogP contribution >= 0.6 is 7.94 Å². The van der Waals surface area contributed by atoms with Gasteiger partial charge in [0.25, 0.3) is 0 Å². The summed E-state index contributed by atoms with van der Waals surface area (Å²) in [6, 6.07) is 6.88. The van der Waals surface area contributed by atoms with Crippen LogP contribution in [0.25, 0.3) is 0 Å². The Balaban J connectivity index is 2.44. The number of cyclic esters (lactones) is 1. The number of fused-ring (bicyclic) bond motifs is 1. The van der Waals surface area contributed by atoms with E-state index in [9.17, 15) is 9.69 Å². The van der Waals surface area contributed by atoms with E-state index >= 15 is 0 Å². The maximum absolute atomic E-state index is 11.5. The average Bonchev–Trinajstić information content (AvgIpc) is 2.67. The fourth-order valence-corrected chi connectivity index (χ4v) is 3.21. The molecule has 6 heteroatoms. The molecule has 1 atom stereocenters. The van der Waals surface area contributed by atoms with E-state index in [-0.39, 0.29) is 0 Å². The summed E-state index contributed by atoms with van der Waals surface area (Å²) in [4.78, 5) is 21.6. The normalized spacial score (nSPS) is 20.4. The van der Waals surface area contributed by atoms with Gasteiger partial charge in [-0.25, -0.2) is 0 Å². The molecule has 5 nitrogen and oxygen atoms in total. The molecule has 16 heavy (non-hydrogen) atoms. The first-order chi connectivity index (χ1) is 7.62. The molecule has 0 aliphatic carbocycles. The van der Waals surface area contributed by atoms with E-state index in [4.69, 9.17) is 13.8 Å². The van der Waals surface area contributed by atoms with E-state index in [0.29, 0.717) is 11.1 Å². The topological polar surface area (TPSA) is 65.0 Å². The van der Waals surface area contributed by atoms with Crippen LogP contribution in [0, 0.1) is 0 Å². The van der Waals surface area contributed by atoms with E-state index in [1.54, 1.807) is 24.3 Å². The molecule has 0 fully saturated rings. The molecule has 0 bridgehead atoms. The Kier molecular flexibility index (Phi) is 2.95. The number of hydrogen-bond acceptors (Lipinski definition) is 5. The van der Waals surface area contributed by atoms with Crippen LogP contribution in [-0.2, 0) is 13.8 Å². The minimum atomic E-state index is -3.50. The molecule has 1 N–H and O–H groups in total. The zero-order valence-corrected chi connectivity index (χ0v) is 9.97. The molecule has 0 aromatic heterocycles. The quantitative estimate of drug-likeness (QED) is 0.646. The summed E-state index contributed by atoms with van der Waals surface area (Å²) in [7, 11) is -0.825. The van der Waals surface area contributed by atoms with Crippen LogP contribution in [-0.4, -0.2) is 25.1 Å². The molecule has 1 unspecified atom stereocenters. The molecular weight excluding hydrogens is 231 g/mol. The van der Waals surface area contributed by atoms with Crippen LogP contribution in [0.15, 0.2) is 24.3 Å². The van der Waals surface area contributed by atoms with Crippen LogP contribution < -0.4 is 0 Å². The summed E-state index contributed by atoms with van der Waals surface area (Å²) in [5.41, 5.74) is 1.07. The van der Waals surface area contributed by atoms with Crippen molar-refractivity contribution in [1.82, 2.24) is 0 Å². The van der Waals surface area contributed by atoms with Gasteiger partial charge in [-0.2, -0.15) is 0 Å². The number of hydrogen-bond donors (Lipinski definition) is 1. The summed E-state index contributed by atoms with van der Waals surface area (Å²) < 4.78 is 15.0. The number of esters is 1. The van der Waals surface area contributed by atoms with Gasteiger partial charge >= 0.3 is 92.8 Å². The Hall–Kier alpha value is -1.00. The summed E-state index contributed by atoms with van der Waals surface area (Å²) in [5.74, 6) is -1.29. The van der Waals surface area contributed by atoms with Crippen molar-refractivity contribution in [2.45, 2.75) is 5.85 Å². The zero-order chi connectivity index (χ0) is 11.8. The Morgan fingerprint density at radius 1 is 1.31 bits per heavy atom. The van der Waals surface area contributed by atoms with E-state index in [1.807, 2.05) is 0 Å². The monoisotopic (exact) mass is 244 g/mol. The van der Waals surface area contributed by atoms with Crippen molar-refractivity contribution in [2.24, 2.45) is 0 Å². The molecule has 88 valence electrons. The fourth-order valence-electron chi connectivity index (χ4n) is 1.71. The van der Waals surface area contributed by atoms with Crippen LogP contribution in [0.5, 0.6) is 0 Å². The van der Waals surface area contributed by atoms with Crippen molar-refractivity contribution in [3.8, 4) is 0 Å². The van der Waals surface area contributed by atoms with Gasteiger partial charge in [-0.3, -0.25) is 0 Å². The third kappa shape index (κ3) is 1.62. The van der Waals surface area contributed by atoms with Crippen molar-refractivity contribution in [2.75, 3.05) is 14.2 Å². The third-order valence-corrected chi connectivity index (χ3v) is 4.87. The molecule has 1 aromatic carbocycles. The van der Waals surface area contributed by atoms with Crippen LogP contribution in [0.3, 0.4) is 0 Å². The Morgan fingerprint density at radius 2 is 1.94 bits per heavy atom. The van der Waals surface area contributed by atoms with Gasteiger partial charge in [-0.1, -0.05) is 0 Å². The minimum absolute atomic E-state index is 0.451. The first-order valence-electron chi connectivity index (χ1n) is 4.75. The molecule has 1 aromatic rings.